The number of fused-ring (bicyclic) bond motifs is 1. The molecule has 2 aliphatic heterocycles. The van der Waals surface area contributed by atoms with Gasteiger partial charge >= 0.3 is 0 Å². The zero-order valence-electron chi connectivity index (χ0n) is 14.2. The molecule has 8 heteroatoms. The van der Waals surface area contributed by atoms with Crippen LogP contribution in [0.3, 0.4) is 0 Å². The second-order valence-corrected chi connectivity index (χ2v) is 7.43. The average molecular weight is 386 g/mol. The van der Waals surface area contributed by atoms with Gasteiger partial charge in [0.1, 0.15) is 0 Å². The van der Waals surface area contributed by atoms with Crippen molar-refractivity contribution in [2.24, 2.45) is 5.41 Å². The van der Waals surface area contributed by atoms with Gasteiger partial charge in [-0.05, 0) is 44.1 Å². The normalized spacial score (nSPS) is 18.5. The number of benzene rings is 1. The number of ether oxygens (including phenoxy) is 1. The largest absolute Gasteiger partial charge is 0.384 e. The van der Waals surface area contributed by atoms with Gasteiger partial charge in [-0.2, -0.15) is 0 Å². The van der Waals surface area contributed by atoms with Crippen LogP contribution in [0.1, 0.15) is 23.2 Å². The third kappa shape index (κ3) is 4.88. The van der Waals surface area contributed by atoms with Gasteiger partial charge in [0.15, 0.2) is 0 Å². The molecule has 138 valence electrons. The fourth-order valence-electron chi connectivity index (χ4n) is 3.23. The number of anilines is 1. The second-order valence-electron chi connectivity index (χ2n) is 6.41. The summed E-state index contributed by atoms with van der Waals surface area (Å²) in [6.45, 7) is 3.13. The Labute approximate surface area is 158 Å². The lowest BCUT2D eigenvalue weighted by molar-refractivity contribution is -0.113. The van der Waals surface area contributed by atoms with E-state index in [4.69, 9.17) is 4.74 Å². The van der Waals surface area contributed by atoms with Crippen molar-refractivity contribution in [3.8, 4) is 0 Å². The minimum Gasteiger partial charge on any atom is -0.384 e. The molecular weight excluding hydrogens is 362 g/mol. The summed E-state index contributed by atoms with van der Waals surface area (Å²) in [5, 5.41) is 9.21. The summed E-state index contributed by atoms with van der Waals surface area (Å²) in [5.41, 5.74) is 1.28. The van der Waals surface area contributed by atoms with Crippen molar-refractivity contribution in [2.45, 2.75) is 17.7 Å². The van der Waals surface area contributed by atoms with Gasteiger partial charge in [-0.25, -0.2) is 0 Å². The van der Waals surface area contributed by atoms with E-state index in [1.54, 1.807) is 13.2 Å². The molecule has 1 aromatic rings. The number of methoxy groups -OCH3 is 1. The van der Waals surface area contributed by atoms with Crippen molar-refractivity contribution < 1.29 is 14.3 Å². The van der Waals surface area contributed by atoms with E-state index < -0.39 is 0 Å². The molecule has 2 heterocycles. The number of thioether (sulfide) groups is 1. The van der Waals surface area contributed by atoms with Crippen molar-refractivity contribution in [2.75, 3.05) is 44.4 Å². The fraction of sp³-hybridized carbons (Fsp3) is 0.529. The molecule has 1 fully saturated rings. The molecule has 0 radical (unpaired) electrons. The Hall–Kier alpha value is -1.28. The van der Waals surface area contributed by atoms with Crippen LogP contribution in [0.4, 0.5) is 5.69 Å². The molecule has 0 spiro atoms. The van der Waals surface area contributed by atoms with Crippen LogP contribution in [-0.2, 0) is 9.53 Å². The first kappa shape index (κ1) is 20.0. The van der Waals surface area contributed by atoms with Crippen molar-refractivity contribution in [1.82, 2.24) is 10.6 Å². The molecule has 0 bridgehead atoms. The number of amides is 2. The van der Waals surface area contributed by atoms with Crippen LogP contribution in [0.5, 0.6) is 0 Å². The summed E-state index contributed by atoms with van der Waals surface area (Å²) in [6, 6.07) is 5.45. The first-order valence-corrected chi connectivity index (χ1v) is 9.15. The molecule has 0 atom stereocenters. The van der Waals surface area contributed by atoms with Crippen LogP contribution in [0.25, 0.3) is 0 Å². The summed E-state index contributed by atoms with van der Waals surface area (Å²) >= 11 is 1.49. The molecule has 1 aromatic carbocycles. The fourth-order valence-corrected chi connectivity index (χ4v) is 4.02. The highest BCUT2D eigenvalue weighted by molar-refractivity contribution is 8.00. The SMILES string of the molecule is COCC1(CNC(=O)c2ccc3c(c2)NC(=O)CS3)CCNCC1.Cl. The monoisotopic (exact) mass is 385 g/mol. The van der Waals surface area contributed by atoms with E-state index in [-0.39, 0.29) is 29.6 Å². The van der Waals surface area contributed by atoms with Gasteiger partial charge in [-0.3, -0.25) is 9.59 Å². The van der Waals surface area contributed by atoms with E-state index in [1.165, 1.54) is 11.8 Å². The van der Waals surface area contributed by atoms with Crippen LogP contribution >= 0.6 is 24.2 Å². The smallest absolute Gasteiger partial charge is 0.251 e. The summed E-state index contributed by atoms with van der Waals surface area (Å²) in [4.78, 5) is 25.0. The molecule has 0 unspecified atom stereocenters. The molecule has 3 rings (SSSR count). The van der Waals surface area contributed by atoms with Crippen LogP contribution in [0.15, 0.2) is 23.1 Å². The lowest BCUT2D eigenvalue weighted by Gasteiger charge is -2.37. The quantitative estimate of drug-likeness (QED) is 0.721. The van der Waals surface area contributed by atoms with Gasteiger partial charge in [0.05, 0.1) is 18.0 Å². The number of hydrogen-bond donors (Lipinski definition) is 3. The summed E-state index contributed by atoms with van der Waals surface area (Å²) < 4.78 is 5.38. The average Bonchev–Trinajstić information content (AvgIpc) is 2.60. The van der Waals surface area contributed by atoms with Gasteiger partial charge in [-0.1, -0.05) is 0 Å². The van der Waals surface area contributed by atoms with E-state index in [9.17, 15) is 9.59 Å². The molecule has 0 aromatic heterocycles. The molecule has 0 aliphatic carbocycles. The number of halogens is 1. The lowest BCUT2D eigenvalue weighted by atomic mass is 9.79. The zero-order valence-corrected chi connectivity index (χ0v) is 15.9. The number of hydrogen-bond acceptors (Lipinski definition) is 5. The molecular formula is C17H24ClN3O3S. The van der Waals surface area contributed by atoms with Crippen molar-refractivity contribution in [1.29, 1.82) is 0 Å². The number of carbonyl (C=O) groups is 2. The Morgan fingerprint density at radius 3 is 2.84 bits per heavy atom. The van der Waals surface area contributed by atoms with E-state index >= 15 is 0 Å². The summed E-state index contributed by atoms with van der Waals surface area (Å²) in [6.07, 6.45) is 1.97. The highest BCUT2D eigenvalue weighted by Crippen LogP contribution is 2.32. The van der Waals surface area contributed by atoms with Crippen LogP contribution in [-0.4, -0.2) is 50.9 Å². The first-order chi connectivity index (χ1) is 11.6. The van der Waals surface area contributed by atoms with Gasteiger partial charge in [0, 0.05) is 29.5 Å². The topological polar surface area (TPSA) is 79.5 Å². The second kappa shape index (κ2) is 8.89. The molecule has 2 amide bonds. The van der Waals surface area contributed by atoms with E-state index in [0.717, 1.165) is 36.5 Å². The number of rotatable bonds is 5. The maximum atomic E-state index is 12.5. The van der Waals surface area contributed by atoms with Gasteiger partial charge in [0.2, 0.25) is 5.91 Å². The Balaban J connectivity index is 0.00000225. The number of piperidine rings is 1. The maximum Gasteiger partial charge on any atom is 0.251 e. The van der Waals surface area contributed by atoms with Crippen LogP contribution in [0, 0.1) is 5.41 Å². The molecule has 1 saturated heterocycles. The van der Waals surface area contributed by atoms with Gasteiger partial charge in [-0.15, -0.1) is 24.2 Å². The predicted molar refractivity (Wildman–Crippen MR) is 102 cm³/mol. The Bertz CT molecular complexity index is 630. The third-order valence-electron chi connectivity index (χ3n) is 4.61. The van der Waals surface area contributed by atoms with Gasteiger partial charge in [0.25, 0.3) is 5.91 Å². The van der Waals surface area contributed by atoms with E-state index in [0.29, 0.717) is 24.5 Å². The Kier molecular flexibility index (Phi) is 7.13. The standard InChI is InChI=1S/C17H23N3O3S.ClH/c1-23-11-17(4-6-18-7-5-17)10-19-16(22)12-2-3-14-13(8-12)20-15(21)9-24-14;/h2-3,8,18H,4-7,9-11H2,1H3,(H,19,22)(H,20,21);1H. The number of carbonyl (C=O) groups excluding carboxylic acids is 2. The Morgan fingerprint density at radius 2 is 2.12 bits per heavy atom. The minimum absolute atomic E-state index is 0. The van der Waals surface area contributed by atoms with Crippen molar-refractivity contribution in [3.63, 3.8) is 0 Å². The van der Waals surface area contributed by atoms with E-state index in [2.05, 4.69) is 16.0 Å². The van der Waals surface area contributed by atoms with Gasteiger partial charge < -0.3 is 20.7 Å². The highest BCUT2D eigenvalue weighted by Gasteiger charge is 2.32. The third-order valence-corrected chi connectivity index (χ3v) is 5.69. The minimum atomic E-state index is -0.114. The van der Waals surface area contributed by atoms with Crippen LogP contribution in [0.2, 0.25) is 0 Å². The van der Waals surface area contributed by atoms with Crippen molar-refractivity contribution >= 4 is 41.7 Å². The summed E-state index contributed by atoms with van der Waals surface area (Å²) in [7, 11) is 1.70. The lowest BCUT2D eigenvalue weighted by Crippen LogP contribution is -2.47. The maximum absolute atomic E-state index is 12.5. The molecule has 2 aliphatic rings. The molecule has 0 saturated carbocycles. The Morgan fingerprint density at radius 1 is 1.36 bits per heavy atom. The van der Waals surface area contributed by atoms with Crippen molar-refractivity contribution in [3.05, 3.63) is 23.8 Å². The molecule has 3 N–H and O–H groups in total. The van der Waals surface area contributed by atoms with E-state index in [1.807, 2.05) is 12.1 Å². The predicted octanol–water partition coefficient (Wildman–Crippen LogP) is 1.90. The zero-order chi connectivity index (χ0) is 17.0. The highest BCUT2D eigenvalue weighted by atomic mass is 35.5. The molecule has 25 heavy (non-hydrogen) atoms. The molecule has 6 nitrogen and oxygen atoms in total. The number of nitrogens with one attached hydrogen (secondary N) is 3. The first-order valence-electron chi connectivity index (χ1n) is 8.16. The summed E-state index contributed by atoms with van der Waals surface area (Å²) in [5.74, 6) is 0.280. The van der Waals surface area contributed by atoms with Crippen LogP contribution < -0.4 is 16.0 Å².